The Morgan fingerprint density at radius 3 is 2.66 bits per heavy atom. The summed E-state index contributed by atoms with van der Waals surface area (Å²) in [6.45, 7) is 4.73. The lowest BCUT2D eigenvalue weighted by atomic mass is 9.92. The molecular formula is C26H27FN2O2S. The van der Waals surface area contributed by atoms with Gasteiger partial charge in [-0.15, -0.1) is 11.3 Å². The van der Waals surface area contributed by atoms with Crippen molar-refractivity contribution in [2.24, 2.45) is 5.92 Å². The fraction of sp³-hybridized carbons (Fsp3) is 0.346. The quantitative estimate of drug-likeness (QED) is 0.412. The van der Waals surface area contributed by atoms with E-state index in [0.717, 1.165) is 35.3 Å². The molecule has 0 spiro atoms. The van der Waals surface area contributed by atoms with Gasteiger partial charge in [0.2, 0.25) is 0 Å². The lowest BCUT2D eigenvalue weighted by molar-refractivity contribution is 0.173. The zero-order chi connectivity index (χ0) is 22.2. The average molecular weight is 451 g/mol. The molecule has 0 amide bonds. The molecule has 4 aromatic rings. The van der Waals surface area contributed by atoms with E-state index < -0.39 is 0 Å². The maximum absolute atomic E-state index is 15.2. The minimum atomic E-state index is -0.230. The van der Waals surface area contributed by atoms with E-state index in [1.54, 1.807) is 12.1 Å². The summed E-state index contributed by atoms with van der Waals surface area (Å²) in [5.74, 6) is 0.564. The number of H-pyrrole nitrogens is 1. The number of nitrogens with zero attached hydrogens (tertiary/aromatic N) is 1. The molecule has 0 saturated carbocycles. The molecule has 1 aliphatic heterocycles. The lowest BCUT2D eigenvalue weighted by Gasteiger charge is -2.31. The summed E-state index contributed by atoms with van der Waals surface area (Å²) in [6.07, 6.45) is 3.58. The van der Waals surface area contributed by atoms with Gasteiger partial charge in [-0.2, -0.15) is 0 Å². The van der Waals surface area contributed by atoms with Crippen LogP contribution in [0.25, 0.3) is 32.1 Å². The van der Waals surface area contributed by atoms with Crippen LogP contribution in [0.4, 0.5) is 4.39 Å². The van der Waals surface area contributed by atoms with Crippen LogP contribution in [-0.4, -0.2) is 28.1 Å². The molecule has 5 rings (SSSR count). The third-order valence-corrected chi connectivity index (χ3v) is 7.78. The molecule has 2 aromatic heterocycles. The van der Waals surface area contributed by atoms with Gasteiger partial charge in [-0.25, -0.2) is 4.39 Å². The van der Waals surface area contributed by atoms with Crippen molar-refractivity contribution in [2.75, 3.05) is 13.1 Å². The third-order valence-electron chi connectivity index (χ3n) is 6.87. The number of aromatic nitrogens is 1. The highest BCUT2D eigenvalue weighted by molar-refractivity contribution is 7.17. The van der Waals surface area contributed by atoms with Crippen molar-refractivity contribution in [2.45, 2.75) is 39.3 Å². The van der Waals surface area contributed by atoms with E-state index in [0.29, 0.717) is 33.5 Å². The van der Waals surface area contributed by atoms with E-state index in [2.05, 4.69) is 16.8 Å². The largest absolute Gasteiger partial charge is 0.392 e. The smallest absolute Gasteiger partial charge is 0.266 e. The second-order valence-corrected chi connectivity index (χ2v) is 9.65. The van der Waals surface area contributed by atoms with Crippen LogP contribution in [0.15, 0.2) is 46.6 Å². The van der Waals surface area contributed by atoms with Crippen LogP contribution in [0.1, 0.15) is 37.3 Å². The van der Waals surface area contributed by atoms with E-state index in [9.17, 15) is 9.90 Å². The van der Waals surface area contributed by atoms with Gasteiger partial charge >= 0.3 is 0 Å². The van der Waals surface area contributed by atoms with Crippen molar-refractivity contribution in [3.8, 4) is 11.1 Å². The zero-order valence-electron chi connectivity index (χ0n) is 18.2. The van der Waals surface area contributed by atoms with Gasteiger partial charge in [0, 0.05) is 28.4 Å². The highest BCUT2D eigenvalue weighted by Gasteiger charge is 2.20. The Labute approximate surface area is 190 Å². The van der Waals surface area contributed by atoms with Crippen molar-refractivity contribution in [1.29, 1.82) is 0 Å². The number of hydrogen-bond donors (Lipinski definition) is 2. The molecule has 6 heteroatoms. The summed E-state index contributed by atoms with van der Waals surface area (Å²) in [6, 6.07) is 10.9. The second-order valence-electron chi connectivity index (χ2n) is 8.73. The van der Waals surface area contributed by atoms with Gasteiger partial charge in [-0.3, -0.25) is 9.69 Å². The van der Waals surface area contributed by atoms with Gasteiger partial charge in [-0.1, -0.05) is 31.5 Å². The van der Waals surface area contributed by atoms with Crippen LogP contribution in [0.2, 0.25) is 0 Å². The minimum Gasteiger partial charge on any atom is -0.392 e. The van der Waals surface area contributed by atoms with Gasteiger partial charge < -0.3 is 10.1 Å². The van der Waals surface area contributed by atoms with Crippen molar-refractivity contribution in [1.82, 2.24) is 9.88 Å². The molecule has 0 bridgehead atoms. The van der Waals surface area contributed by atoms with E-state index >= 15 is 4.39 Å². The molecule has 0 radical (unpaired) electrons. The van der Waals surface area contributed by atoms with Gasteiger partial charge in [0.05, 0.1) is 6.61 Å². The van der Waals surface area contributed by atoms with Crippen LogP contribution in [0.5, 0.6) is 0 Å². The molecule has 1 aliphatic rings. The Kier molecular flexibility index (Phi) is 5.84. The fourth-order valence-corrected chi connectivity index (χ4v) is 5.77. The SMILES string of the molecule is CCC1CCN(Cc2ccc(-c3c(CO)ccc4[nH]c(=O)c5sccc5c34)cc2F)CC1. The summed E-state index contributed by atoms with van der Waals surface area (Å²) in [5.41, 5.74) is 3.47. The number of hydrogen-bond acceptors (Lipinski definition) is 4. The molecule has 0 unspecified atom stereocenters. The molecule has 1 fully saturated rings. The van der Waals surface area contributed by atoms with Crippen molar-refractivity contribution < 1.29 is 9.50 Å². The normalized spacial score (nSPS) is 15.7. The second kappa shape index (κ2) is 8.77. The van der Waals surface area contributed by atoms with Crippen molar-refractivity contribution >= 4 is 32.3 Å². The Hall–Kier alpha value is -2.54. The monoisotopic (exact) mass is 450 g/mol. The number of piperidine rings is 1. The molecule has 2 aromatic carbocycles. The van der Waals surface area contributed by atoms with Gasteiger partial charge in [0.1, 0.15) is 10.5 Å². The number of aromatic amines is 1. The summed E-state index contributed by atoms with van der Waals surface area (Å²) in [5, 5.41) is 13.6. The standard InChI is InChI=1S/C26H27FN2O2S/c1-2-16-7-10-29(11-8-16)14-18-4-3-17(13-21(18)27)23-19(15-30)5-6-22-24(23)20-9-12-32-25(20)26(31)28-22/h3-6,9,12-13,16,30H,2,7-8,10-11,14-15H2,1H3,(H,28,31). The molecular weight excluding hydrogens is 423 g/mol. The van der Waals surface area contributed by atoms with Crippen LogP contribution >= 0.6 is 11.3 Å². The van der Waals surface area contributed by atoms with E-state index in [-0.39, 0.29) is 18.0 Å². The Morgan fingerprint density at radius 2 is 1.94 bits per heavy atom. The summed E-state index contributed by atoms with van der Waals surface area (Å²) >= 11 is 1.39. The molecule has 166 valence electrons. The van der Waals surface area contributed by atoms with Crippen LogP contribution < -0.4 is 5.56 Å². The number of benzene rings is 2. The highest BCUT2D eigenvalue weighted by Crippen LogP contribution is 2.37. The fourth-order valence-electron chi connectivity index (χ4n) is 4.98. The first kappa shape index (κ1) is 21.3. The van der Waals surface area contributed by atoms with E-state index in [1.165, 1.54) is 30.6 Å². The van der Waals surface area contributed by atoms with E-state index in [4.69, 9.17) is 0 Å². The first-order valence-electron chi connectivity index (χ1n) is 11.3. The topological polar surface area (TPSA) is 56.3 Å². The van der Waals surface area contributed by atoms with Crippen molar-refractivity contribution in [3.63, 3.8) is 0 Å². The number of nitrogens with one attached hydrogen (secondary N) is 1. The predicted octanol–water partition coefficient (Wildman–Crippen LogP) is 5.66. The zero-order valence-corrected chi connectivity index (χ0v) is 19.0. The maximum Gasteiger partial charge on any atom is 0.266 e. The van der Waals surface area contributed by atoms with Gasteiger partial charge in [0.25, 0.3) is 5.56 Å². The molecule has 0 atom stereocenters. The van der Waals surface area contributed by atoms with Crippen LogP contribution in [-0.2, 0) is 13.2 Å². The van der Waals surface area contributed by atoms with E-state index in [1.807, 2.05) is 29.6 Å². The number of likely N-dealkylation sites (tertiary alicyclic amines) is 1. The Bertz CT molecular complexity index is 1340. The number of rotatable bonds is 5. The number of aliphatic hydroxyl groups is 1. The molecule has 1 saturated heterocycles. The minimum absolute atomic E-state index is 0.126. The summed E-state index contributed by atoms with van der Waals surface area (Å²) < 4.78 is 15.9. The number of thiophene rings is 1. The molecule has 32 heavy (non-hydrogen) atoms. The molecule has 2 N–H and O–H groups in total. The van der Waals surface area contributed by atoms with Gasteiger partial charge in [0.15, 0.2) is 0 Å². The summed E-state index contributed by atoms with van der Waals surface area (Å²) in [7, 11) is 0. The molecule has 4 nitrogen and oxygen atoms in total. The number of aliphatic hydroxyl groups excluding tert-OH is 1. The molecule has 0 aliphatic carbocycles. The van der Waals surface area contributed by atoms with Crippen LogP contribution in [0.3, 0.4) is 0 Å². The Morgan fingerprint density at radius 1 is 1.16 bits per heavy atom. The highest BCUT2D eigenvalue weighted by atomic mass is 32.1. The number of halogens is 1. The van der Waals surface area contributed by atoms with Crippen molar-refractivity contribution in [3.05, 3.63) is 69.1 Å². The number of pyridine rings is 1. The predicted molar refractivity (Wildman–Crippen MR) is 130 cm³/mol. The Balaban J connectivity index is 1.56. The maximum atomic E-state index is 15.2. The van der Waals surface area contributed by atoms with Crippen LogP contribution in [0, 0.1) is 11.7 Å². The first-order chi connectivity index (χ1) is 15.6. The lowest BCUT2D eigenvalue weighted by Crippen LogP contribution is -2.33. The summed E-state index contributed by atoms with van der Waals surface area (Å²) in [4.78, 5) is 17.7. The number of fused-ring (bicyclic) bond motifs is 3. The molecule has 3 heterocycles. The average Bonchev–Trinajstić information content (AvgIpc) is 3.31. The van der Waals surface area contributed by atoms with Gasteiger partial charge in [-0.05, 0) is 72.1 Å². The first-order valence-corrected chi connectivity index (χ1v) is 12.1. The third kappa shape index (κ3) is 3.76.